The zero-order valence-corrected chi connectivity index (χ0v) is 18.5. The van der Waals surface area contributed by atoms with Gasteiger partial charge in [0.2, 0.25) is 5.82 Å². The SMILES string of the molecule is CCOC1CCCc2c(Oc3c(Cl)cc(NC(O)c4noc(=O)[nH]4)cc3Cl)ccc(O)c21. The van der Waals surface area contributed by atoms with Crippen molar-refractivity contribution >= 4 is 28.9 Å². The smallest absolute Gasteiger partial charge is 0.439 e. The van der Waals surface area contributed by atoms with Gasteiger partial charge in [0.15, 0.2) is 12.0 Å². The van der Waals surface area contributed by atoms with Gasteiger partial charge < -0.3 is 25.0 Å². The molecule has 4 N–H and O–H groups in total. The van der Waals surface area contributed by atoms with Crippen molar-refractivity contribution in [2.75, 3.05) is 11.9 Å². The van der Waals surface area contributed by atoms with E-state index in [4.69, 9.17) is 32.7 Å². The van der Waals surface area contributed by atoms with E-state index < -0.39 is 12.0 Å². The van der Waals surface area contributed by atoms with Crippen LogP contribution in [0.5, 0.6) is 17.2 Å². The number of rotatable bonds is 7. The van der Waals surface area contributed by atoms with Crippen molar-refractivity contribution < 1.29 is 24.2 Å². The fraction of sp³-hybridized carbons (Fsp3) is 0.333. The summed E-state index contributed by atoms with van der Waals surface area (Å²) in [6, 6.07) is 6.27. The number of ether oxygens (including phenoxy) is 2. The van der Waals surface area contributed by atoms with Gasteiger partial charge in [-0.1, -0.05) is 28.4 Å². The number of hydrogen-bond acceptors (Lipinski definition) is 8. The number of benzene rings is 2. The summed E-state index contributed by atoms with van der Waals surface area (Å²) in [6.07, 6.45) is 0.886. The van der Waals surface area contributed by atoms with Crippen LogP contribution >= 0.6 is 23.2 Å². The molecule has 2 unspecified atom stereocenters. The van der Waals surface area contributed by atoms with Gasteiger partial charge in [0.1, 0.15) is 11.5 Å². The zero-order chi connectivity index (χ0) is 22.8. The summed E-state index contributed by atoms with van der Waals surface area (Å²) in [7, 11) is 0. The topological polar surface area (TPSA) is 130 Å². The zero-order valence-electron chi connectivity index (χ0n) is 17.0. The molecule has 0 saturated heterocycles. The molecule has 3 aromatic rings. The second-order valence-corrected chi connectivity index (χ2v) is 8.02. The Bertz CT molecular complexity index is 1160. The Morgan fingerprint density at radius 2 is 2.09 bits per heavy atom. The fourth-order valence-corrected chi connectivity index (χ4v) is 4.32. The number of nitrogens with one attached hydrogen (secondary N) is 2. The highest BCUT2D eigenvalue weighted by Crippen LogP contribution is 2.46. The average molecular weight is 482 g/mol. The number of phenolic OH excluding ortho intramolecular Hbond substituents is 1. The molecule has 32 heavy (non-hydrogen) atoms. The largest absolute Gasteiger partial charge is 0.508 e. The van der Waals surface area contributed by atoms with Gasteiger partial charge in [-0.25, -0.2) is 4.79 Å². The van der Waals surface area contributed by atoms with E-state index in [0.29, 0.717) is 18.0 Å². The minimum atomic E-state index is -1.35. The van der Waals surface area contributed by atoms with Crippen LogP contribution in [-0.2, 0) is 11.2 Å². The van der Waals surface area contributed by atoms with Crippen LogP contribution in [0.1, 0.15) is 49.0 Å². The average Bonchev–Trinajstić information content (AvgIpc) is 3.19. The lowest BCUT2D eigenvalue weighted by molar-refractivity contribution is 0.0479. The van der Waals surface area contributed by atoms with Crippen molar-refractivity contribution in [2.45, 2.75) is 38.5 Å². The van der Waals surface area contributed by atoms with E-state index in [1.165, 1.54) is 12.1 Å². The van der Waals surface area contributed by atoms with E-state index in [1.54, 1.807) is 12.1 Å². The Morgan fingerprint density at radius 3 is 2.75 bits per heavy atom. The van der Waals surface area contributed by atoms with Crippen molar-refractivity contribution in [1.29, 1.82) is 0 Å². The molecule has 170 valence electrons. The molecular weight excluding hydrogens is 461 g/mol. The van der Waals surface area contributed by atoms with Gasteiger partial charge in [-0.2, -0.15) is 0 Å². The molecule has 0 fully saturated rings. The number of hydrogen-bond donors (Lipinski definition) is 4. The maximum Gasteiger partial charge on any atom is 0.439 e. The van der Waals surface area contributed by atoms with Crippen molar-refractivity contribution in [3.63, 3.8) is 0 Å². The first kappa shape index (κ1) is 22.5. The third-order valence-corrected chi connectivity index (χ3v) is 5.67. The van der Waals surface area contributed by atoms with E-state index in [2.05, 4.69) is 20.0 Å². The van der Waals surface area contributed by atoms with Crippen LogP contribution in [0.25, 0.3) is 0 Å². The van der Waals surface area contributed by atoms with Gasteiger partial charge in [-0.15, -0.1) is 0 Å². The van der Waals surface area contributed by atoms with E-state index >= 15 is 0 Å². The third-order valence-electron chi connectivity index (χ3n) is 5.10. The first-order chi connectivity index (χ1) is 15.4. The van der Waals surface area contributed by atoms with Crippen LogP contribution in [0, 0.1) is 0 Å². The molecule has 2 atom stereocenters. The van der Waals surface area contributed by atoms with E-state index in [1.807, 2.05) is 6.92 Å². The minimum Gasteiger partial charge on any atom is -0.508 e. The van der Waals surface area contributed by atoms with Gasteiger partial charge >= 0.3 is 5.76 Å². The van der Waals surface area contributed by atoms with Gasteiger partial charge in [-0.3, -0.25) is 9.51 Å². The lowest BCUT2D eigenvalue weighted by atomic mass is 9.88. The van der Waals surface area contributed by atoms with Crippen LogP contribution < -0.4 is 15.8 Å². The first-order valence-electron chi connectivity index (χ1n) is 10.0. The van der Waals surface area contributed by atoms with E-state index in [9.17, 15) is 15.0 Å². The number of aromatic nitrogens is 2. The maximum atomic E-state index is 11.0. The number of anilines is 1. The van der Waals surface area contributed by atoms with Crippen molar-refractivity contribution in [1.82, 2.24) is 10.1 Å². The third kappa shape index (κ3) is 4.56. The van der Waals surface area contributed by atoms with Gasteiger partial charge in [-0.05, 0) is 50.5 Å². The molecule has 0 radical (unpaired) electrons. The van der Waals surface area contributed by atoms with Crippen LogP contribution in [0.15, 0.2) is 33.6 Å². The molecule has 11 heteroatoms. The Kier molecular flexibility index (Phi) is 6.61. The molecule has 1 aromatic heterocycles. The Labute approximate surface area is 192 Å². The molecule has 9 nitrogen and oxygen atoms in total. The summed E-state index contributed by atoms with van der Waals surface area (Å²) < 4.78 is 16.2. The molecule has 1 aliphatic rings. The van der Waals surface area contributed by atoms with Crippen LogP contribution in [0.3, 0.4) is 0 Å². The fourth-order valence-electron chi connectivity index (χ4n) is 3.76. The number of aromatic amines is 1. The van der Waals surface area contributed by atoms with Crippen LogP contribution in [-0.4, -0.2) is 27.0 Å². The predicted octanol–water partition coefficient (Wildman–Crippen LogP) is 4.68. The van der Waals surface area contributed by atoms with Crippen molar-refractivity contribution in [3.8, 4) is 17.2 Å². The number of aliphatic hydroxyl groups is 1. The summed E-state index contributed by atoms with van der Waals surface area (Å²) in [4.78, 5) is 13.3. The molecule has 0 bridgehead atoms. The Hall–Kier alpha value is -2.72. The number of aromatic hydroxyl groups is 1. The number of nitrogens with zero attached hydrogens (tertiary/aromatic N) is 1. The number of H-pyrrole nitrogens is 1. The highest BCUT2D eigenvalue weighted by atomic mass is 35.5. The summed E-state index contributed by atoms with van der Waals surface area (Å²) in [5, 5.41) is 27.1. The summed E-state index contributed by atoms with van der Waals surface area (Å²) >= 11 is 12.8. The highest BCUT2D eigenvalue weighted by Gasteiger charge is 2.27. The molecule has 0 aliphatic heterocycles. The highest BCUT2D eigenvalue weighted by molar-refractivity contribution is 6.37. The van der Waals surface area contributed by atoms with Crippen LogP contribution in [0.4, 0.5) is 5.69 Å². The van der Waals surface area contributed by atoms with Crippen molar-refractivity contribution in [2.24, 2.45) is 0 Å². The lowest BCUT2D eigenvalue weighted by Gasteiger charge is -2.28. The number of aliphatic hydroxyl groups excluding tert-OH is 1. The quantitative estimate of drug-likeness (QED) is 0.357. The Morgan fingerprint density at radius 1 is 1.34 bits per heavy atom. The summed E-state index contributed by atoms with van der Waals surface area (Å²) in [6.45, 7) is 2.45. The molecule has 0 saturated carbocycles. The number of halogens is 2. The molecule has 1 heterocycles. The van der Waals surface area contributed by atoms with Crippen LogP contribution in [0.2, 0.25) is 10.0 Å². The first-order valence-corrected chi connectivity index (χ1v) is 10.8. The minimum absolute atomic E-state index is 0.0952. The summed E-state index contributed by atoms with van der Waals surface area (Å²) in [5.41, 5.74) is 1.95. The number of fused-ring (bicyclic) bond motifs is 1. The second kappa shape index (κ2) is 9.41. The second-order valence-electron chi connectivity index (χ2n) is 7.21. The normalized spacial score (nSPS) is 16.4. The number of phenols is 1. The molecular formula is C21H21Cl2N3O6. The molecule has 4 rings (SSSR count). The van der Waals surface area contributed by atoms with Crippen molar-refractivity contribution in [3.05, 3.63) is 61.8 Å². The van der Waals surface area contributed by atoms with E-state index in [0.717, 1.165) is 30.4 Å². The Balaban J connectivity index is 1.60. The maximum absolute atomic E-state index is 11.0. The van der Waals surface area contributed by atoms with Gasteiger partial charge in [0.25, 0.3) is 0 Å². The van der Waals surface area contributed by atoms with E-state index in [-0.39, 0.29) is 33.5 Å². The van der Waals surface area contributed by atoms with Gasteiger partial charge in [0.05, 0.1) is 16.1 Å². The standard InChI is InChI=1S/C21H21Cl2N3O6/c1-2-30-16-5-3-4-11-15(7-6-14(27)17(11)16)31-18-12(22)8-10(9-13(18)23)24-20(28)19-25-21(29)32-26-19/h6-9,16,20,24,27-28H,2-5H2,1H3,(H,25,26,29). The summed E-state index contributed by atoms with van der Waals surface area (Å²) in [5.74, 6) is 0.0512. The lowest BCUT2D eigenvalue weighted by Crippen LogP contribution is -2.14. The monoisotopic (exact) mass is 481 g/mol. The molecule has 1 aliphatic carbocycles. The predicted molar refractivity (Wildman–Crippen MR) is 118 cm³/mol. The molecule has 2 aromatic carbocycles. The van der Waals surface area contributed by atoms with Gasteiger partial charge in [0, 0.05) is 23.4 Å². The molecule has 0 amide bonds. The molecule has 0 spiro atoms.